The summed E-state index contributed by atoms with van der Waals surface area (Å²) in [4.78, 5) is 28.7. The summed E-state index contributed by atoms with van der Waals surface area (Å²) in [6.45, 7) is 7.69. The first-order valence-electron chi connectivity index (χ1n) is 12.2. The number of halogens is 1. The first-order chi connectivity index (χ1) is 17.4. The lowest BCUT2D eigenvalue weighted by Gasteiger charge is -2.37. The van der Waals surface area contributed by atoms with Crippen LogP contribution in [-0.4, -0.2) is 53.3 Å². The third-order valence-corrected chi connectivity index (χ3v) is 7.30. The van der Waals surface area contributed by atoms with Gasteiger partial charge in [-0.1, -0.05) is 24.8 Å². The molecule has 0 spiro atoms. The van der Waals surface area contributed by atoms with Gasteiger partial charge in [-0.15, -0.1) is 0 Å². The number of carboxylic acids is 1. The molecule has 7 nitrogen and oxygen atoms in total. The Bertz CT molecular complexity index is 1500. The fourth-order valence-electron chi connectivity index (χ4n) is 5.30. The van der Waals surface area contributed by atoms with Crippen molar-refractivity contribution in [1.82, 2.24) is 9.47 Å². The van der Waals surface area contributed by atoms with Crippen molar-refractivity contribution < 1.29 is 14.3 Å². The SMILES string of the molecule is C=C1C=C(CN2CCN(c3cc4c(cc3F)c(=O)c(C(=O)O)cn4C3CC3)CC2)c2ccccc2N1. The maximum Gasteiger partial charge on any atom is 0.341 e. The molecule has 0 bridgehead atoms. The second-order valence-electron chi connectivity index (χ2n) is 9.76. The number of anilines is 2. The summed E-state index contributed by atoms with van der Waals surface area (Å²) in [5.41, 5.74) is 4.42. The molecule has 2 aliphatic heterocycles. The fraction of sp³-hybridized carbons (Fsp3) is 0.286. The third-order valence-electron chi connectivity index (χ3n) is 7.30. The van der Waals surface area contributed by atoms with E-state index in [2.05, 4.69) is 35.0 Å². The summed E-state index contributed by atoms with van der Waals surface area (Å²) >= 11 is 0. The second-order valence-corrected chi connectivity index (χ2v) is 9.76. The second kappa shape index (κ2) is 8.64. The highest BCUT2D eigenvalue weighted by atomic mass is 19.1. The maximum absolute atomic E-state index is 15.3. The van der Waals surface area contributed by atoms with Gasteiger partial charge in [-0.2, -0.15) is 0 Å². The molecule has 1 saturated heterocycles. The fourth-order valence-corrected chi connectivity index (χ4v) is 5.30. The van der Waals surface area contributed by atoms with E-state index in [0.717, 1.165) is 43.9 Å². The number of carbonyl (C=O) groups is 1. The lowest BCUT2D eigenvalue weighted by Crippen LogP contribution is -2.47. The Morgan fingerprint density at radius 3 is 2.61 bits per heavy atom. The predicted molar refractivity (Wildman–Crippen MR) is 139 cm³/mol. The number of hydrogen-bond donors (Lipinski definition) is 2. The molecule has 184 valence electrons. The number of hydrogen-bond acceptors (Lipinski definition) is 5. The zero-order valence-corrected chi connectivity index (χ0v) is 19.8. The van der Waals surface area contributed by atoms with Crippen molar-refractivity contribution in [3.05, 3.63) is 88.1 Å². The van der Waals surface area contributed by atoms with E-state index in [9.17, 15) is 14.7 Å². The molecule has 0 radical (unpaired) electrons. The van der Waals surface area contributed by atoms with Crippen LogP contribution < -0.4 is 15.6 Å². The molecular formula is C28H27FN4O3. The average Bonchev–Trinajstić information content (AvgIpc) is 3.70. The molecule has 0 atom stereocenters. The van der Waals surface area contributed by atoms with Crippen LogP contribution in [0.3, 0.4) is 0 Å². The molecule has 1 aromatic heterocycles. The Labute approximate surface area is 207 Å². The molecule has 6 rings (SSSR count). The molecule has 2 N–H and O–H groups in total. The normalized spacial score (nSPS) is 18.1. The number of nitrogens with zero attached hydrogens (tertiary/aromatic N) is 3. The van der Waals surface area contributed by atoms with Crippen LogP contribution in [0.1, 0.15) is 34.8 Å². The summed E-state index contributed by atoms with van der Waals surface area (Å²) in [5.74, 6) is -1.78. The number of allylic oxidation sites excluding steroid dienone is 1. The Morgan fingerprint density at radius 2 is 1.89 bits per heavy atom. The van der Waals surface area contributed by atoms with Crippen LogP contribution in [0.15, 0.2) is 65.7 Å². The topological polar surface area (TPSA) is 77.8 Å². The van der Waals surface area contributed by atoms with E-state index in [1.54, 1.807) is 6.07 Å². The van der Waals surface area contributed by atoms with Gasteiger partial charge in [0.05, 0.1) is 11.2 Å². The number of aromatic nitrogens is 1. The summed E-state index contributed by atoms with van der Waals surface area (Å²) in [5, 5.41) is 12.9. The first-order valence-corrected chi connectivity index (χ1v) is 12.2. The molecule has 3 aromatic rings. The van der Waals surface area contributed by atoms with E-state index in [1.165, 1.54) is 23.4 Å². The zero-order chi connectivity index (χ0) is 25.0. The minimum absolute atomic E-state index is 0.124. The van der Waals surface area contributed by atoms with Gasteiger partial charge in [0, 0.05) is 67.3 Å². The summed E-state index contributed by atoms with van der Waals surface area (Å²) < 4.78 is 17.1. The van der Waals surface area contributed by atoms with Crippen LogP contribution in [0.25, 0.3) is 16.5 Å². The standard InChI is InChI=1S/C28H27FN4O3/c1-17-12-18(20-4-2-3-5-24(20)30-17)15-31-8-10-32(11-9-31)26-14-25-21(13-23(26)29)27(34)22(28(35)36)16-33(25)19-6-7-19/h2-5,12-14,16,19,30H,1,6-11,15H2,(H,35,36). The van der Waals surface area contributed by atoms with Crippen molar-refractivity contribution >= 4 is 33.8 Å². The smallest absolute Gasteiger partial charge is 0.341 e. The number of para-hydroxylation sites is 1. The van der Waals surface area contributed by atoms with Crippen LogP contribution in [0.4, 0.5) is 15.8 Å². The number of nitrogens with one attached hydrogen (secondary N) is 1. The highest BCUT2D eigenvalue weighted by Crippen LogP contribution is 2.38. The predicted octanol–water partition coefficient (Wildman–Crippen LogP) is 4.32. The van der Waals surface area contributed by atoms with Gasteiger partial charge in [-0.05, 0) is 42.7 Å². The lowest BCUT2D eigenvalue weighted by atomic mass is 9.98. The van der Waals surface area contributed by atoms with Gasteiger partial charge in [-0.25, -0.2) is 9.18 Å². The number of fused-ring (bicyclic) bond motifs is 2. The van der Waals surface area contributed by atoms with Crippen molar-refractivity contribution in [2.24, 2.45) is 0 Å². The van der Waals surface area contributed by atoms with E-state index in [1.807, 2.05) is 21.6 Å². The van der Waals surface area contributed by atoms with Crippen molar-refractivity contribution in [2.45, 2.75) is 18.9 Å². The molecule has 8 heteroatoms. The Morgan fingerprint density at radius 1 is 1.14 bits per heavy atom. The van der Waals surface area contributed by atoms with Crippen molar-refractivity contribution in [3.8, 4) is 0 Å². The van der Waals surface area contributed by atoms with Gasteiger partial charge in [0.15, 0.2) is 0 Å². The van der Waals surface area contributed by atoms with Crippen molar-refractivity contribution in [2.75, 3.05) is 42.9 Å². The Hall–Kier alpha value is -3.91. The molecule has 1 aliphatic carbocycles. The molecule has 36 heavy (non-hydrogen) atoms. The molecular weight excluding hydrogens is 459 g/mol. The van der Waals surface area contributed by atoms with Gasteiger partial charge in [0.1, 0.15) is 11.4 Å². The quantitative estimate of drug-likeness (QED) is 0.560. The van der Waals surface area contributed by atoms with Crippen LogP contribution in [0, 0.1) is 5.82 Å². The molecule has 2 fully saturated rings. The first kappa shape index (κ1) is 22.5. The lowest BCUT2D eigenvalue weighted by molar-refractivity contribution is 0.0695. The summed E-state index contributed by atoms with van der Waals surface area (Å²) in [7, 11) is 0. The van der Waals surface area contributed by atoms with Crippen LogP contribution in [-0.2, 0) is 0 Å². The number of benzene rings is 2. The molecule has 0 amide bonds. The molecule has 1 saturated carbocycles. The third kappa shape index (κ3) is 3.97. The number of rotatable bonds is 5. The van der Waals surface area contributed by atoms with Gasteiger partial charge in [-0.3, -0.25) is 9.69 Å². The number of carboxylic acid groups (broad SMARTS) is 1. The van der Waals surface area contributed by atoms with Gasteiger partial charge < -0.3 is 19.9 Å². The van der Waals surface area contributed by atoms with Crippen LogP contribution in [0.5, 0.6) is 0 Å². The van der Waals surface area contributed by atoms with Crippen LogP contribution in [0.2, 0.25) is 0 Å². The van der Waals surface area contributed by atoms with E-state index < -0.39 is 17.2 Å². The molecule has 3 aliphatic rings. The van der Waals surface area contributed by atoms with Crippen LogP contribution >= 0.6 is 0 Å². The maximum atomic E-state index is 15.3. The summed E-state index contributed by atoms with van der Waals surface area (Å²) in [6, 6.07) is 11.3. The van der Waals surface area contributed by atoms with Gasteiger partial charge in [0.25, 0.3) is 0 Å². The zero-order valence-electron chi connectivity index (χ0n) is 19.8. The van der Waals surface area contributed by atoms with Gasteiger partial charge in [0.2, 0.25) is 5.43 Å². The van der Waals surface area contributed by atoms with E-state index in [-0.39, 0.29) is 17.0 Å². The average molecular weight is 487 g/mol. The Kier molecular flexibility index (Phi) is 5.41. The van der Waals surface area contributed by atoms with E-state index in [0.29, 0.717) is 24.3 Å². The monoisotopic (exact) mass is 486 g/mol. The van der Waals surface area contributed by atoms with Crippen molar-refractivity contribution in [3.63, 3.8) is 0 Å². The van der Waals surface area contributed by atoms with Crippen molar-refractivity contribution in [1.29, 1.82) is 0 Å². The highest BCUT2D eigenvalue weighted by Gasteiger charge is 2.29. The number of pyridine rings is 1. The highest BCUT2D eigenvalue weighted by molar-refractivity contribution is 5.93. The molecule has 2 aromatic carbocycles. The Balaban J connectivity index is 1.25. The minimum atomic E-state index is -1.29. The van der Waals surface area contributed by atoms with Gasteiger partial charge >= 0.3 is 5.97 Å². The largest absolute Gasteiger partial charge is 0.477 e. The molecule has 3 heterocycles. The minimum Gasteiger partial charge on any atom is -0.477 e. The van der Waals surface area contributed by atoms with E-state index in [4.69, 9.17) is 0 Å². The van der Waals surface area contributed by atoms with E-state index >= 15 is 4.39 Å². The molecule has 0 unspecified atom stereocenters. The summed E-state index contributed by atoms with van der Waals surface area (Å²) in [6.07, 6.45) is 5.34. The number of piperazine rings is 1. The number of aromatic carboxylic acids is 1.